The van der Waals surface area contributed by atoms with Crippen molar-refractivity contribution in [3.05, 3.63) is 17.5 Å². The monoisotopic (exact) mass is 372 g/mol. The molecule has 2 heterocycles. The van der Waals surface area contributed by atoms with Gasteiger partial charge in [-0.15, -0.1) is 11.3 Å². The van der Waals surface area contributed by atoms with Crippen LogP contribution in [0.3, 0.4) is 0 Å². The maximum Gasteiger partial charge on any atom is 0.252 e. The van der Waals surface area contributed by atoms with Crippen molar-refractivity contribution >= 4 is 27.3 Å². The fourth-order valence-corrected chi connectivity index (χ4v) is 6.12. The van der Waals surface area contributed by atoms with Crippen molar-refractivity contribution in [2.45, 2.75) is 54.9 Å². The SMILES string of the molecule is O=C(NC1CCC(O)CC1)C1CCCN(S(=O)(=O)c2cccs2)C1. The average molecular weight is 373 g/mol. The lowest BCUT2D eigenvalue weighted by atomic mass is 9.92. The molecule has 1 saturated carbocycles. The normalized spacial score (nSPS) is 29.3. The zero-order valence-electron chi connectivity index (χ0n) is 13.6. The van der Waals surface area contributed by atoms with Gasteiger partial charge in [0.05, 0.1) is 12.0 Å². The zero-order chi connectivity index (χ0) is 17.2. The van der Waals surface area contributed by atoms with Crippen molar-refractivity contribution in [2.75, 3.05) is 13.1 Å². The number of aliphatic hydroxyl groups is 1. The van der Waals surface area contributed by atoms with Crippen LogP contribution >= 0.6 is 11.3 Å². The summed E-state index contributed by atoms with van der Waals surface area (Å²) in [6, 6.07) is 3.44. The van der Waals surface area contributed by atoms with Crippen LogP contribution in [0.15, 0.2) is 21.7 Å². The lowest BCUT2D eigenvalue weighted by Crippen LogP contribution is -2.48. The number of rotatable bonds is 4. The summed E-state index contributed by atoms with van der Waals surface area (Å²) in [5, 5.41) is 14.3. The Morgan fingerprint density at radius 2 is 2.00 bits per heavy atom. The molecule has 1 unspecified atom stereocenters. The summed E-state index contributed by atoms with van der Waals surface area (Å²) >= 11 is 1.21. The molecule has 2 fully saturated rings. The third-order valence-electron chi connectivity index (χ3n) is 4.89. The maximum atomic E-state index is 12.6. The van der Waals surface area contributed by atoms with Crippen LogP contribution in [0.1, 0.15) is 38.5 Å². The highest BCUT2D eigenvalue weighted by Crippen LogP contribution is 2.27. The standard InChI is InChI=1S/C16H24N2O4S2/c19-14-7-5-13(6-8-14)17-16(20)12-3-1-9-18(11-12)24(21,22)15-4-2-10-23-15/h2,4,10,12-14,19H,1,3,5-9,11H2,(H,17,20). The van der Waals surface area contributed by atoms with Crippen LogP contribution in [0.2, 0.25) is 0 Å². The van der Waals surface area contributed by atoms with E-state index in [0.29, 0.717) is 30.0 Å². The Labute approximate surface area is 146 Å². The van der Waals surface area contributed by atoms with E-state index in [9.17, 15) is 18.3 Å². The van der Waals surface area contributed by atoms with Gasteiger partial charge in [0.2, 0.25) is 5.91 Å². The van der Waals surface area contributed by atoms with Gasteiger partial charge in [-0.25, -0.2) is 8.42 Å². The quantitative estimate of drug-likeness (QED) is 0.840. The number of carbonyl (C=O) groups is 1. The van der Waals surface area contributed by atoms with E-state index in [-0.39, 0.29) is 30.5 Å². The molecule has 1 aromatic rings. The smallest absolute Gasteiger partial charge is 0.252 e. The van der Waals surface area contributed by atoms with Crippen LogP contribution in [0, 0.1) is 5.92 Å². The topological polar surface area (TPSA) is 86.7 Å². The number of thiophene rings is 1. The van der Waals surface area contributed by atoms with Crippen LogP contribution < -0.4 is 5.32 Å². The van der Waals surface area contributed by atoms with Gasteiger partial charge < -0.3 is 10.4 Å². The molecule has 1 aromatic heterocycles. The Bertz CT molecular complexity index is 652. The average Bonchev–Trinajstić information content (AvgIpc) is 3.12. The van der Waals surface area contributed by atoms with Gasteiger partial charge in [0.1, 0.15) is 4.21 Å². The number of hydrogen-bond donors (Lipinski definition) is 2. The number of hydrogen-bond acceptors (Lipinski definition) is 5. The van der Waals surface area contributed by atoms with Gasteiger partial charge in [0, 0.05) is 19.1 Å². The number of nitrogens with one attached hydrogen (secondary N) is 1. The van der Waals surface area contributed by atoms with Gasteiger partial charge in [0.15, 0.2) is 0 Å². The Kier molecular flexibility index (Phi) is 5.59. The number of carbonyl (C=O) groups excluding carboxylic acids is 1. The third-order valence-corrected chi connectivity index (χ3v) is 8.13. The van der Waals surface area contributed by atoms with Crippen molar-refractivity contribution in [1.82, 2.24) is 9.62 Å². The molecule has 6 nitrogen and oxygen atoms in total. The minimum Gasteiger partial charge on any atom is -0.393 e. The lowest BCUT2D eigenvalue weighted by molar-refractivity contribution is -0.127. The maximum absolute atomic E-state index is 12.6. The van der Waals surface area contributed by atoms with Crippen LogP contribution in [0.5, 0.6) is 0 Å². The molecule has 1 saturated heterocycles. The molecule has 3 rings (SSSR count). The number of sulfonamides is 1. The Morgan fingerprint density at radius 1 is 1.25 bits per heavy atom. The third kappa shape index (κ3) is 3.99. The molecule has 134 valence electrons. The van der Waals surface area contributed by atoms with E-state index in [2.05, 4.69) is 5.32 Å². The number of piperidine rings is 1. The molecular weight excluding hydrogens is 348 g/mol. The summed E-state index contributed by atoms with van der Waals surface area (Å²) in [4.78, 5) is 12.5. The fraction of sp³-hybridized carbons (Fsp3) is 0.688. The Morgan fingerprint density at radius 3 is 2.67 bits per heavy atom. The number of nitrogens with zero attached hydrogens (tertiary/aromatic N) is 1. The van der Waals surface area contributed by atoms with Gasteiger partial charge in [0.25, 0.3) is 10.0 Å². The summed E-state index contributed by atoms with van der Waals surface area (Å²) in [6.07, 6.45) is 4.18. The van der Waals surface area contributed by atoms with E-state index in [1.54, 1.807) is 17.5 Å². The van der Waals surface area contributed by atoms with Crippen LogP contribution in [-0.4, -0.2) is 49.0 Å². The highest BCUT2D eigenvalue weighted by Gasteiger charge is 2.34. The second-order valence-electron chi connectivity index (χ2n) is 6.65. The van der Waals surface area contributed by atoms with Gasteiger partial charge in [-0.1, -0.05) is 6.07 Å². The highest BCUT2D eigenvalue weighted by atomic mass is 32.2. The van der Waals surface area contributed by atoms with E-state index in [0.717, 1.165) is 19.3 Å². The first-order chi connectivity index (χ1) is 11.5. The van der Waals surface area contributed by atoms with Gasteiger partial charge in [-0.05, 0) is 50.0 Å². The Balaban J connectivity index is 1.60. The van der Waals surface area contributed by atoms with E-state index in [1.807, 2.05) is 0 Å². The number of aliphatic hydroxyl groups excluding tert-OH is 1. The number of amides is 1. The highest BCUT2D eigenvalue weighted by molar-refractivity contribution is 7.91. The zero-order valence-corrected chi connectivity index (χ0v) is 15.2. The minimum absolute atomic E-state index is 0.0533. The molecule has 1 atom stereocenters. The van der Waals surface area contributed by atoms with Crippen LogP contribution in [0.25, 0.3) is 0 Å². The second-order valence-corrected chi connectivity index (χ2v) is 9.76. The summed E-state index contributed by atoms with van der Waals surface area (Å²) in [5.74, 6) is -0.345. The second kappa shape index (κ2) is 7.51. The van der Waals surface area contributed by atoms with E-state index < -0.39 is 10.0 Å². The molecule has 2 N–H and O–H groups in total. The summed E-state index contributed by atoms with van der Waals surface area (Å²) in [5.41, 5.74) is 0. The first-order valence-electron chi connectivity index (χ1n) is 8.49. The fourth-order valence-electron chi connectivity index (χ4n) is 3.45. The molecule has 0 aromatic carbocycles. The largest absolute Gasteiger partial charge is 0.393 e. The van der Waals surface area contributed by atoms with Crippen LogP contribution in [-0.2, 0) is 14.8 Å². The predicted molar refractivity (Wildman–Crippen MR) is 92.2 cm³/mol. The molecule has 1 aliphatic heterocycles. The van der Waals surface area contributed by atoms with Gasteiger partial charge in [-0.3, -0.25) is 4.79 Å². The molecule has 24 heavy (non-hydrogen) atoms. The van der Waals surface area contributed by atoms with E-state index in [4.69, 9.17) is 0 Å². The molecule has 0 radical (unpaired) electrons. The summed E-state index contributed by atoms with van der Waals surface area (Å²) in [6.45, 7) is 0.723. The first-order valence-corrected chi connectivity index (χ1v) is 10.8. The molecular formula is C16H24N2O4S2. The van der Waals surface area contributed by atoms with E-state index in [1.165, 1.54) is 15.6 Å². The molecule has 0 spiro atoms. The van der Waals surface area contributed by atoms with Gasteiger partial charge in [-0.2, -0.15) is 4.31 Å². The molecule has 1 aliphatic carbocycles. The Hall–Kier alpha value is -0.960. The minimum atomic E-state index is -3.49. The molecule has 2 aliphatic rings. The van der Waals surface area contributed by atoms with Crippen LogP contribution in [0.4, 0.5) is 0 Å². The van der Waals surface area contributed by atoms with Crippen molar-refractivity contribution in [3.8, 4) is 0 Å². The summed E-state index contributed by atoms with van der Waals surface area (Å²) < 4.78 is 27.0. The molecule has 1 amide bonds. The van der Waals surface area contributed by atoms with Crippen molar-refractivity contribution < 1.29 is 18.3 Å². The van der Waals surface area contributed by atoms with Crippen molar-refractivity contribution in [2.24, 2.45) is 5.92 Å². The lowest BCUT2D eigenvalue weighted by Gasteiger charge is -2.33. The van der Waals surface area contributed by atoms with E-state index >= 15 is 0 Å². The van der Waals surface area contributed by atoms with Crippen molar-refractivity contribution in [1.29, 1.82) is 0 Å². The van der Waals surface area contributed by atoms with Gasteiger partial charge >= 0.3 is 0 Å². The predicted octanol–water partition coefficient (Wildman–Crippen LogP) is 1.57. The van der Waals surface area contributed by atoms with Crippen molar-refractivity contribution in [3.63, 3.8) is 0 Å². The molecule has 8 heteroatoms. The summed E-state index contributed by atoms with van der Waals surface area (Å²) in [7, 11) is -3.49. The first kappa shape index (κ1) is 17.8. The molecule has 0 bridgehead atoms.